The van der Waals surface area contributed by atoms with Crippen molar-refractivity contribution in [3.8, 4) is 0 Å². The van der Waals surface area contributed by atoms with Crippen molar-refractivity contribution in [1.82, 2.24) is 0 Å². The van der Waals surface area contributed by atoms with Gasteiger partial charge in [0.15, 0.2) is 0 Å². The summed E-state index contributed by atoms with van der Waals surface area (Å²) in [6.45, 7) is -0.694. The van der Waals surface area contributed by atoms with E-state index in [2.05, 4.69) is 0 Å². The van der Waals surface area contributed by atoms with Gasteiger partial charge in [-0.2, -0.15) is 0 Å². The molecule has 0 fully saturated rings. The third-order valence-electron chi connectivity index (χ3n) is 1.47. The van der Waals surface area contributed by atoms with Crippen molar-refractivity contribution in [3.63, 3.8) is 0 Å². The lowest BCUT2D eigenvalue weighted by Gasteiger charge is -2.12. The van der Waals surface area contributed by atoms with Gasteiger partial charge in [-0.15, -0.1) is 0 Å². The number of halogens is 1. The van der Waals surface area contributed by atoms with Gasteiger partial charge in [0.25, 0.3) is 0 Å². The second-order valence-corrected chi connectivity index (χ2v) is 2.75. The Bertz CT molecular complexity index is 361. The molecule has 0 radical (unpaired) electrons. The van der Waals surface area contributed by atoms with Gasteiger partial charge < -0.3 is 4.90 Å². The van der Waals surface area contributed by atoms with E-state index in [0.717, 1.165) is 5.56 Å². The summed E-state index contributed by atoms with van der Waals surface area (Å²) in [5.74, 6) is 0. The summed E-state index contributed by atoms with van der Waals surface area (Å²) in [5.41, 5.74) is 1.24. The number of amides is 1. The molecule has 12 heavy (non-hydrogen) atoms. The van der Waals surface area contributed by atoms with E-state index in [-0.39, 0.29) is 5.69 Å². The molecule has 0 atom stereocenters. The summed E-state index contributed by atoms with van der Waals surface area (Å²) in [6, 6.07) is 6.52. The molecule has 0 heterocycles. The Morgan fingerprint density at radius 3 is 2.50 bits per heavy atom. The topological polar surface area (TPSA) is 20.3 Å². The van der Waals surface area contributed by atoms with Crippen LogP contribution in [0.1, 0.15) is 9.68 Å². The normalized spacial score (nSPS) is 14.3. The molecule has 0 bridgehead atoms. The van der Waals surface area contributed by atoms with Gasteiger partial charge >= 0.3 is 5.37 Å². The lowest BCUT2D eigenvalue weighted by atomic mass is 10.2. The second kappa shape index (κ2) is 3.59. The minimum Gasteiger partial charge on any atom is -0.302 e. The molecule has 3 heteroatoms. The van der Waals surface area contributed by atoms with Crippen molar-refractivity contribution in [2.24, 2.45) is 0 Å². The van der Waals surface area contributed by atoms with Crippen molar-refractivity contribution in [1.29, 1.82) is 0 Å². The Morgan fingerprint density at radius 2 is 2.08 bits per heavy atom. The molecule has 0 aliphatic heterocycles. The molecule has 2 nitrogen and oxygen atoms in total. The first-order valence-electron chi connectivity index (χ1n) is 4.89. The molecule has 0 spiro atoms. The van der Waals surface area contributed by atoms with Gasteiger partial charge in [0.05, 0.1) is 0 Å². The standard InChI is InChI=1S/C9H10ClNO/c1-7-3-5-8(6-4-7)11(2)9(10)12/h3-6H,1-2H3/i2D3. The Morgan fingerprint density at radius 1 is 1.50 bits per heavy atom. The first-order valence-corrected chi connectivity index (χ1v) is 3.76. The molecule has 0 N–H and O–H groups in total. The Hall–Kier alpha value is -1.02. The monoisotopic (exact) mass is 186 g/mol. The van der Waals surface area contributed by atoms with Crippen molar-refractivity contribution in [2.45, 2.75) is 6.92 Å². The number of carbonyl (C=O) groups is 1. The predicted octanol–water partition coefficient (Wildman–Crippen LogP) is 2.79. The lowest BCUT2D eigenvalue weighted by Crippen LogP contribution is -2.19. The van der Waals surface area contributed by atoms with Crippen LogP contribution >= 0.6 is 11.6 Å². The summed E-state index contributed by atoms with van der Waals surface area (Å²) < 4.78 is 21.5. The molecular weight excluding hydrogens is 174 g/mol. The van der Waals surface area contributed by atoms with Gasteiger partial charge in [-0.1, -0.05) is 17.7 Å². The van der Waals surface area contributed by atoms with Gasteiger partial charge in [-0.3, -0.25) is 4.79 Å². The first-order chi connectivity index (χ1) is 6.82. The smallest absolute Gasteiger partial charge is 0.302 e. The molecule has 64 valence electrons. The number of hydrogen-bond acceptors (Lipinski definition) is 1. The zero-order valence-corrected chi connectivity index (χ0v) is 7.30. The molecule has 0 aliphatic rings. The highest BCUT2D eigenvalue weighted by molar-refractivity contribution is 6.66. The van der Waals surface area contributed by atoms with Crippen LogP contribution in [0.3, 0.4) is 0 Å². The fourth-order valence-electron chi connectivity index (χ4n) is 0.795. The third-order valence-corrected chi connectivity index (χ3v) is 1.64. The number of aryl methyl sites for hydroxylation is 1. The van der Waals surface area contributed by atoms with E-state index in [9.17, 15) is 4.79 Å². The van der Waals surface area contributed by atoms with Crippen molar-refractivity contribution < 1.29 is 8.91 Å². The number of carbonyl (C=O) groups excluding carboxylic acids is 1. The third kappa shape index (κ3) is 1.98. The van der Waals surface area contributed by atoms with Crippen molar-refractivity contribution in [2.75, 3.05) is 11.9 Å². The molecular formula is C9H10ClNO. The second-order valence-electron chi connectivity index (χ2n) is 2.42. The zero-order valence-electron chi connectivity index (χ0n) is 9.54. The van der Waals surface area contributed by atoms with Crippen LogP contribution in [-0.2, 0) is 0 Å². The average molecular weight is 187 g/mol. The summed E-state index contributed by atoms with van der Waals surface area (Å²) >= 11 is 5.23. The van der Waals surface area contributed by atoms with Gasteiger partial charge in [-0.05, 0) is 30.7 Å². The van der Waals surface area contributed by atoms with Gasteiger partial charge in [0.1, 0.15) is 0 Å². The highest BCUT2D eigenvalue weighted by Gasteiger charge is 2.05. The SMILES string of the molecule is [2H]C([2H])([2H])N(C(=O)Cl)c1ccc(C)cc1. The van der Waals surface area contributed by atoms with Gasteiger partial charge in [0, 0.05) is 16.8 Å². The maximum Gasteiger partial charge on any atom is 0.320 e. The number of hydrogen-bond donors (Lipinski definition) is 0. The molecule has 1 amide bonds. The highest BCUT2D eigenvalue weighted by Crippen LogP contribution is 2.14. The summed E-state index contributed by atoms with van der Waals surface area (Å²) in [4.78, 5) is 11.6. The molecule has 0 aromatic heterocycles. The number of nitrogens with zero attached hydrogens (tertiary/aromatic N) is 1. The van der Waals surface area contributed by atoms with Crippen LogP contribution in [0, 0.1) is 6.92 Å². The van der Waals surface area contributed by atoms with Crippen molar-refractivity contribution >= 4 is 22.7 Å². The minimum absolute atomic E-state index is 0.264. The highest BCUT2D eigenvalue weighted by atomic mass is 35.5. The van der Waals surface area contributed by atoms with E-state index in [4.69, 9.17) is 15.7 Å². The molecule has 0 unspecified atom stereocenters. The summed E-state index contributed by atoms with van der Waals surface area (Å²) in [7, 11) is 0. The Balaban J connectivity index is 3.11. The maximum atomic E-state index is 11.0. The lowest BCUT2D eigenvalue weighted by molar-refractivity contribution is 0.265. The predicted molar refractivity (Wildman–Crippen MR) is 50.8 cm³/mol. The number of anilines is 1. The Kier molecular flexibility index (Phi) is 1.67. The van der Waals surface area contributed by atoms with E-state index in [1.807, 2.05) is 6.92 Å². The average Bonchev–Trinajstić information content (AvgIpc) is 2.05. The first kappa shape index (κ1) is 5.60. The van der Waals surface area contributed by atoms with E-state index in [1.54, 1.807) is 24.3 Å². The molecule has 0 aliphatic carbocycles. The van der Waals surface area contributed by atoms with Crippen LogP contribution in [0.25, 0.3) is 0 Å². The van der Waals surface area contributed by atoms with Crippen LogP contribution in [0.15, 0.2) is 24.3 Å². The summed E-state index contributed by atoms with van der Waals surface area (Å²) in [5, 5.41) is -1.01. The summed E-state index contributed by atoms with van der Waals surface area (Å²) in [6.07, 6.45) is 0. The van der Waals surface area contributed by atoms with Crippen LogP contribution in [0.2, 0.25) is 0 Å². The van der Waals surface area contributed by atoms with E-state index in [1.165, 1.54) is 0 Å². The quantitative estimate of drug-likeness (QED) is 0.488. The van der Waals surface area contributed by atoms with Gasteiger partial charge in [-0.25, -0.2) is 0 Å². The molecule has 0 saturated carbocycles. The van der Waals surface area contributed by atoms with Gasteiger partial charge in [0.2, 0.25) is 0 Å². The largest absolute Gasteiger partial charge is 0.320 e. The van der Waals surface area contributed by atoms with Crippen LogP contribution in [0.5, 0.6) is 0 Å². The van der Waals surface area contributed by atoms with Crippen LogP contribution in [-0.4, -0.2) is 12.3 Å². The zero-order chi connectivity index (χ0) is 11.6. The molecule has 1 aromatic carbocycles. The van der Waals surface area contributed by atoms with E-state index in [0.29, 0.717) is 4.90 Å². The Labute approximate surface area is 81.0 Å². The van der Waals surface area contributed by atoms with E-state index < -0.39 is 12.3 Å². The number of rotatable bonds is 1. The van der Waals surface area contributed by atoms with Crippen molar-refractivity contribution in [3.05, 3.63) is 29.8 Å². The minimum atomic E-state index is -2.56. The maximum absolute atomic E-state index is 11.0. The van der Waals surface area contributed by atoms with Crippen LogP contribution < -0.4 is 4.90 Å². The fraction of sp³-hybridized carbons (Fsp3) is 0.222. The molecule has 1 aromatic rings. The molecule has 1 rings (SSSR count). The fourth-order valence-corrected chi connectivity index (χ4v) is 0.893. The van der Waals surface area contributed by atoms with E-state index >= 15 is 0 Å². The molecule has 0 saturated heterocycles. The van der Waals surface area contributed by atoms with Crippen LogP contribution in [0.4, 0.5) is 10.5 Å². The number of benzene rings is 1.